The summed E-state index contributed by atoms with van der Waals surface area (Å²) in [4.78, 5) is -0.361. The summed E-state index contributed by atoms with van der Waals surface area (Å²) in [5.74, 6) is 0.0345. The van der Waals surface area contributed by atoms with Gasteiger partial charge in [-0.1, -0.05) is 24.6 Å². The molecule has 1 aromatic rings. The van der Waals surface area contributed by atoms with Gasteiger partial charge in [-0.3, -0.25) is 0 Å². The second-order valence-corrected chi connectivity index (χ2v) is 6.93. The van der Waals surface area contributed by atoms with Gasteiger partial charge < -0.3 is 0 Å². The molecule has 0 aliphatic rings. The summed E-state index contributed by atoms with van der Waals surface area (Å²) < 4.78 is 62.8. The van der Waals surface area contributed by atoms with Crippen molar-refractivity contribution in [2.24, 2.45) is 0 Å². The Labute approximate surface area is 131 Å². The van der Waals surface area contributed by atoms with Crippen molar-refractivity contribution in [1.82, 2.24) is 4.31 Å². The van der Waals surface area contributed by atoms with E-state index in [2.05, 4.69) is 0 Å². The predicted octanol–water partition coefficient (Wildman–Crippen LogP) is 4.04. The molecule has 3 nitrogen and oxygen atoms in total. The Balaban J connectivity index is 3.28. The Bertz CT molecular complexity index is 591. The molecule has 0 saturated carbocycles. The van der Waals surface area contributed by atoms with Gasteiger partial charge in [0.1, 0.15) is 11.4 Å². The summed E-state index contributed by atoms with van der Waals surface area (Å²) in [6, 6.07) is 4.02. The zero-order valence-corrected chi connectivity index (χ0v) is 13.5. The van der Waals surface area contributed by atoms with Gasteiger partial charge in [-0.15, -0.1) is 11.6 Å². The topological polar surface area (TPSA) is 37.4 Å². The lowest BCUT2D eigenvalue weighted by molar-refractivity contribution is -0.136. The molecule has 0 heterocycles. The molecule has 1 aromatic carbocycles. The highest BCUT2D eigenvalue weighted by molar-refractivity contribution is 7.89. The average Bonchev–Trinajstić information content (AvgIpc) is 2.37. The number of halogens is 5. The maximum absolute atomic E-state index is 12.6. The standard InChI is InChI=1S/C12H14Cl2F3NO2S/c1-2-5-18(8-12(15,16)17)21(19,20)11-6-9(7-13)3-4-10(11)14/h3-4,6H,2,5,7-8H2,1H3. The van der Waals surface area contributed by atoms with Gasteiger partial charge in [-0.2, -0.15) is 17.5 Å². The van der Waals surface area contributed by atoms with Gasteiger partial charge in [0.05, 0.1) is 5.02 Å². The third kappa shape index (κ3) is 5.02. The lowest BCUT2D eigenvalue weighted by Crippen LogP contribution is -2.39. The minimum absolute atomic E-state index is 0.0345. The lowest BCUT2D eigenvalue weighted by Gasteiger charge is -2.23. The van der Waals surface area contributed by atoms with Crippen molar-refractivity contribution in [3.8, 4) is 0 Å². The molecule has 0 amide bonds. The van der Waals surface area contributed by atoms with E-state index in [9.17, 15) is 21.6 Å². The number of benzene rings is 1. The number of nitrogens with zero attached hydrogens (tertiary/aromatic N) is 1. The number of sulfonamides is 1. The van der Waals surface area contributed by atoms with Gasteiger partial charge in [0, 0.05) is 12.4 Å². The number of rotatable bonds is 6. The first-order valence-corrected chi connectivity index (χ1v) is 8.38. The fourth-order valence-electron chi connectivity index (χ4n) is 1.70. The van der Waals surface area contributed by atoms with Crippen molar-refractivity contribution in [1.29, 1.82) is 0 Å². The van der Waals surface area contributed by atoms with Gasteiger partial charge >= 0.3 is 6.18 Å². The van der Waals surface area contributed by atoms with Gasteiger partial charge in [-0.05, 0) is 24.1 Å². The van der Waals surface area contributed by atoms with Gasteiger partial charge in [0.15, 0.2) is 0 Å². The number of hydrogen-bond acceptors (Lipinski definition) is 2. The Kier molecular flexibility index (Phi) is 6.34. The summed E-state index contributed by atoms with van der Waals surface area (Å²) in [7, 11) is -4.34. The van der Waals surface area contributed by atoms with E-state index in [-0.39, 0.29) is 28.8 Å². The molecule has 0 unspecified atom stereocenters. The molecule has 0 aromatic heterocycles. The van der Waals surface area contributed by atoms with E-state index >= 15 is 0 Å². The first kappa shape index (κ1) is 18.5. The highest BCUT2D eigenvalue weighted by Crippen LogP contribution is 2.29. The fraction of sp³-hybridized carbons (Fsp3) is 0.500. The Morgan fingerprint density at radius 2 is 1.90 bits per heavy atom. The minimum atomic E-state index is -4.63. The molecule has 0 saturated heterocycles. The minimum Gasteiger partial charge on any atom is -0.207 e. The molecule has 120 valence electrons. The van der Waals surface area contributed by atoms with Crippen LogP contribution >= 0.6 is 23.2 Å². The van der Waals surface area contributed by atoms with E-state index in [1.54, 1.807) is 6.92 Å². The molecule has 0 aliphatic heterocycles. The lowest BCUT2D eigenvalue weighted by atomic mass is 10.2. The molecule has 0 atom stereocenters. The molecule has 21 heavy (non-hydrogen) atoms. The van der Waals surface area contributed by atoms with Crippen LogP contribution in [0.2, 0.25) is 5.02 Å². The van der Waals surface area contributed by atoms with Gasteiger partial charge in [0.25, 0.3) is 0 Å². The molecular formula is C12H14Cl2F3NO2S. The second kappa shape index (κ2) is 7.17. The van der Waals surface area contributed by atoms with Crippen molar-refractivity contribution in [2.75, 3.05) is 13.1 Å². The summed E-state index contributed by atoms with van der Waals surface area (Å²) >= 11 is 11.4. The summed E-state index contributed by atoms with van der Waals surface area (Å²) in [5.41, 5.74) is 0.461. The van der Waals surface area contributed by atoms with E-state index in [4.69, 9.17) is 23.2 Å². The molecular weight excluding hydrogens is 350 g/mol. The van der Waals surface area contributed by atoms with Crippen molar-refractivity contribution in [2.45, 2.75) is 30.3 Å². The van der Waals surface area contributed by atoms with Crippen LogP contribution in [0.4, 0.5) is 13.2 Å². The summed E-state index contributed by atoms with van der Waals surface area (Å²) in [6.45, 7) is -0.205. The van der Waals surface area contributed by atoms with E-state index in [1.165, 1.54) is 18.2 Å². The predicted molar refractivity (Wildman–Crippen MR) is 76.1 cm³/mol. The van der Waals surface area contributed by atoms with Crippen LogP contribution in [0, 0.1) is 0 Å². The van der Waals surface area contributed by atoms with Crippen LogP contribution in [-0.4, -0.2) is 32.0 Å². The maximum Gasteiger partial charge on any atom is 0.402 e. The highest BCUT2D eigenvalue weighted by Gasteiger charge is 2.37. The van der Waals surface area contributed by atoms with Crippen molar-refractivity contribution >= 4 is 33.2 Å². The number of hydrogen-bond donors (Lipinski definition) is 0. The molecule has 0 aliphatic carbocycles. The first-order chi connectivity index (χ1) is 9.61. The molecule has 0 fully saturated rings. The van der Waals surface area contributed by atoms with Crippen LogP contribution < -0.4 is 0 Å². The average molecular weight is 364 g/mol. The van der Waals surface area contributed by atoms with E-state index < -0.39 is 22.7 Å². The molecule has 0 spiro atoms. The van der Waals surface area contributed by atoms with Crippen LogP contribution in [0.3, 0.4) is 0 Å². The zero-order chi connectivity index (χ0) is 16.3. The largest absolute Gasteiger partial charge is 0.402 e. The smallest absolute Gasteiger partial charge is 0.207 e. The summed E-state index contributed by atoms with van der Waals surface area (Å²) in [6.07, 6.45) is -4.37. The quantitative estimate of drug-likeness (QED) is 0.715. The molecule has 1 rings (SSSR count). The molecule has 0 radical (unpaired) electrons. The van der Waals surface area contributed by atoms with Crippen molar-refractivity contribution in [3.05, 3.63) is 28.8 Å². The Morgan fingerprint density at radius 3 is 2.38 bits per heavy atom. The second-order valence-electron chi connectivity index (χ2n) is 4.35. The van der Waals surface area contributed by atoms with Crippen molar-refractivity contribution in [3.63, 3.8) is 0 Å². The fourth-order valence-corrected chi connectivity index (χ4v) is 3.91. The first-order valence-electron chi connectivity index (χ1n) is 6.03. The van der Waals surface area contributed by atoms with Crippen LogP contribution in [0.1, 0.15) is 18.9 Å². The molecule has 9 heteroatoms. The van der Waals surface area contributed by atoms with Crippen LogP contribution in [-0.2, 0) is 15.9 Å². The summed E-state index contributed by atoms with van der Waals surface area (Å²) in [5, 5.41) is -0.132. The molecule has 0 bridgehead atoms. The maximum atomic E-state index is 12.6. The third-order valence-corrected chi connectivity index (χ3v) is 5.23. The highest BCUT2D eigenvalue weighted by atomic mass is 35.5. The van der Waals surface area contributed by atoms with Crippen LogP contribution in [0.25, 0.3) is 0 Å². The van der Waals surface area contributed by atoms with Gasteiger partial charge in [-0.25, -0.2) is 8.42 Å². The zero-order valence-electron chi connectivity index (χ0n) is 11.1. The Hall–Kier alpha value is -0.500. The molecule has 0 N–H and O–H groups in total. The monoisotopic (exact) mass is 363 g/mol. The van der Waals surface area contributed by atoms with E-state index in [0.717, 1.165) is 0 Å². The van der Waals surface area contributed by atoms with E-state index in [0.29, 0.717) is 9.87 Å². The van der Waals surface area contributed by atoms with Crippen molar-refractivity contribution < 1.29 is 21.6 Å². The SMILES string of the molecule is CCCN(CC(F)(F)F)S(=O)(=O)c1cc(CCl)ccc1Cl. The normalized spacial score (nSPS) is 12.9. The Morgan fingerprint density at radius 1 is 1.29 bits per heavy atom. The third-order valence-electron chi connectivity index (χ3n) is 2.60. The number of alkyl halides is 4. The van der Waals surface area contributed by atoms with Crippen LogP contribution in [0.5, 0.6) is 0 Å². The van der Waals surface area contributed by atoms with Crippen LogP contribution in [0.15, 0.2) is 23.1 Å². The van der Waals surface area contributed by atoms with E-state index in [1.807, 2.05) is 0 Å². The van der Waals surface area contributed by atoms with Gasteiger partial charge in [0.2, 0.25) is 10.0 Å².